The Bertz CT molecular complexity index is 766. The molecule has 0 aromatic heterocycles. The Kier molecular flexibility index (Phi) is 8.62. The smallest absolute Gasteiger partial charge is 0.214 e. The predicted octanol–water partition coefficient (Wildman–Crippen LogP) is 1.05. The van der Waals surface area contributed by atoms with Gasteiger partial charge >= 0.3 is 0 Å². The van der Waals surface area contributed by atoms with Crippen molar-refractivity contribution in [3.8, 4) is 5.75 Å². The first-order valence-corrected chi connectivity index (χ1v) is 11.0. The van der Waals surface area contributed by atoms with Crippen LogP contribution in [-0.2, 0) is 10.0 Å². The van der Waals surface area contributed by atoms with Crippen LogP contribution in [-0.4, -0.2) is 89.3 Å². The number of benzene rings is 1. The standard InChI is InChI=1S/C18H29N5O3S.HI/c1-19-18(20-7-9-23-8-4-14-27(23,24)25)22-12-10-21(11-13-22)16-5-3-6-17(15-16)26-2;/h3,5-6,15H,4,7-14H2,1-2H3,(H,19,20);1H. The van der Waals surface area contributed by atoms with Crippen molar-refractivity contribution in [2.75, 3.05) is 70.6 Å². The zero-order valence-electron chi connectivity index (χ0n) is 16.5. The minimum atomic E-state index is -3.04. The summed E-state index contributed by atoms with van der Waals surface area (Å²) in [5, 5.41) is 3.31. The highest BCUT2D eigenvalue weighted by Crippen LogP contribution is 2.22. The van der Waals surface area contributed by atoms with E-state index in [1.165, 1.54) is 0 Å². The summed E-state index contributed by atoms with van der Waals surface area (Å²) in [4.78, 5) is 8.92. The number of aliphatic imine (C=N–C) groups is 1. The average Bonchev–Trinajstić information content (AvgIpc) is 3.03. The number of anilines is 1. The molecule has 8 nitrogen and oxygen atoms in total. The summed E-state index contributed by atoms with van der Waals surface area (Å²) >= 11 is 0. The third kappa shape index (κ3) is 5.63. The Balaban J connectivity index is 0.00000280. The molecule has 158 valence electrons. The second-order valence-electron chi connectivity index (χ2n) is 6.72. The lowest BCUT2D eigenvalue weighted by molar-refractivity contribution is 0.368. The summed E-state index contributed by atoms with van der Waals surface area (Å²) < 4.78 is 30.6. The van der Waals surface area contributed by atoms with Crippen LogP contribution in [0.5, 0.6) is 5.75 Å². The summed E-state index contributed by atoms with van der Waals surface area (Å²) in [5.74, 6) is 1.97. The van der Waals surface area contributed by atoms with Gasteiger partial charge in [-0.05, 0) is 18.6 Å². The molecule has 1 N–H and O–H groups in total. The average molecular weight is 523 g/mol. The molecule has 0 spiro atoms. The number of sulfonamides is 1. The number of nitrogens with one attached hydrogen (secondary N) is 1. The Morgan fingerprint density at radius 2 is 1.96 bits per heavy atom. The summed E-state index contributed by atoms with van der Waals surface area (Å²) in [6.45, 7) is 5.20. The molecular weight excluding hydrogens is 493 g/mol. The first-order chi connectivity index (χ1) is 13.0. The van der Waals surface area contributed by atoms with Crippen LogP contribution in [0.1, 0.15) is 6.42 Å². The van der Waals surface area contributed by atoms with E-state index in [0.717, 1.165) is 50.0 Å². The van der Waals surface area contributed by atoms with E-state index in [-0.39, 0.29) is 29.7 Å². The fourth-order valence-corrected chi connectivity index (χ4v) is 5.08. The summed E-state index contributed by atoms with van der Waals surface area (Å²) in [7, 11) is 0.411. The third-order valence-corrected chi connectivity index (χ3v) is 7.01. The topological polar surface area (TPSA) is 77.5 Å². The van der Waals surface area contributed by atoms with Gasteiger partial charge in [0.25, 0.3) is 0 Å². The lowest BCUT2D eigenvalue weighted by Crippen LogP contribution is -2.53. The Labute approximate surface area is 185 Å². The zero-order valence-corrected chi connectivity index (χ0v) is 19.7. The van der Waals surface area contributed by atoms with Gasteiger partial charge in [-0.3, -0.25) is 4.99 Å². The molecule has 2 fully saturated rings. The number of hydrogen-bond acceptors (Lipinski definition) is 5. The molecular formula is C18H30IN5O3S. The molecule has 0 saturated carbocycles. The number of ether oxygens (including phenoxy) is 1. The normalized spacial score (nSPS) is 20.0. The van der Waals surface area contributed by atoms with Crippen LogP contribution in [0.15, 0.2) is 29.3 Å². The molecule has 1 aromatic rings. The van der Waals surface area contributed by atoms with Crippen LogP contribution >= 0.6 is 24.0 Å². The van der Waals surface area contributed by atoms with Gasteiger partial charge in [-0.2, -0.15) is 0 Å². The molecule has 2 saturated heterocycles. The molecule has 0 bridgehead atoms. The molecule has 0 radical (unpaired) electrons. The van der Waals surface area contributed by atoms with Gasteiger partial charge in [-0.25, -0.2) is 12.7 Å². The van der Waals surface area contributed by atoms with Gasteiger partial charge in [0.05, 0.1) is 12.9 Å². The third-order valence-electron chi connectivity index (χ3n) is 5.06. The highest BCUT2D eigenvalue weighted by Gasteiger charge is 2.27. The van der Waals surface area contributed by atoms with E-state index in [1.807, 2.05) is 12.1 Å². The molecule has 1 aromatic carbocycles. The van der Waals surface area contributed by atoms with Crippen molar-refractivity contribution in [1.29, 1.82) is 0 Å². The van der Waals surface area contributed by atoms with E-state index in [0.29, 0.717) is 19.6 Å². The van der Waals surface area contributed by atoms with Crippen LogP contribution in [0.3, 0.4) is 0 Å². The summed E-state index contributed by atoms with van der Waals surface area (Å²) in [5.41, 5.74) is 1.16. The molecule has 2 heterocycles. The molecule has 2 aliphatic rings. The second-order valence-corrected chi connectivity index (χ2v) is 8.81. The highest BCUT2D eigenvalue weighted by atomic mass is 127. The molecule has 2 aliphatic heterocycles. The number of guanidine groups is 1. The lowest BCUT2D eigenvalue weighted by atomic mass is 10.2. The first kappa shape index (κ1) is 23.0. The van der Waals surface area contributed by atoms with Crippen LogP contribution in [0.4, 0.5) is 5.69 Å². The van der Waals surface area contributed by atoms with Gasteiger partial charge in [0, 0.05) is 64.6 Å². The maximum absolute atomic E-state index is 11.9. The minimum Gasteiger partial charge on any atom is -0.497 e. The molecule has 0 amide bonds. The van der Waals surface area contributed by atoms with E-state index in [4.69, 9.17) is 4.74 Å². The number of piperazine rings is 1. The van der Waals surface area contributed by atoms with Crippen molar-refractivity contribution in [3.63, 3.8) is 0 Å². The van der Waals surface area contributed by atoms with E-state index >= 15 is 0 Å². The number of halogens is 1. The van der Waals surface area contributed by atoms with Crippen LogP contribution < -0.4 is 15.0 Å². The molecule has 0 atom stereocenters. The maximum Gasteiger partial charge on any atom is 0.214 e. The molecule has 0 aliphatic carbocycles. The minimum absolute atomic E-state index is 0. The van der Waals surface area contributed by atoms with Crippen LogP contribution in [0.25, 0.3) is 0 Å². The van der Waals surface area contributed by atoms with Gasteiger partial charge < -0.3 is 19.9 Å². The Hall–Kier alpha value is -1.27. The first-order valence-electron chi connectivity index (χ1n) is 9.36. The van der Waals surface area contributed by atoms with Crippen molar-refractivity contribution in [2.24, 2.45) is 4.99 Å². The SMILES string of the molecule is CN=C(NCCN1CCCS1(=O)=O)N1CCN(c2cccc(OC)c2)CC1.I. The van der Waals surface area contributed by atoms with Crippen molar-refractivity contribution in [2.45, 2.75) is 6.42 Å². The van der Waals surface area contributed by atoms with Crippen molar-refractivity contribution in [1.82, 2.24) is 14.5 Å². The predicted molar refractivity (Wildman–Crippen MR) is 124 cm³/mol. The van der Waals surface area contributed by atoms with Crippen molar-refractivity contribution in [3.05, 3.63) is 24.3 Å². The highest BCUT2D eigenvalue weighted by molar-refractivity contribution is 14.0. The zero-order chi connectivity index (χ0) is 19.3. The fourth-order valence-electron chi connectivity index (χ4n) is 3.55. The number of rotatable bonds is 5. The lowest BCUT2D eigenvalue weighted by Gasteiger charge is -2.37. The van der Waals surface area contributed by atoms with Crippen LogP contribution in [0.2, 0.25) is 0 Å². The monoisotopic (exact) mass is 523 g/mol. The maximum atomic E-state index is 11.9. The van der Waals surface area contributed by atoms with Crippen molar-refractivity contribution < 1.29 is 13.2 Å². The van der Waals surface area contributed by atoms with E-state index < -0.39 is 10.0 Å². The van der Waals surface area contributed by atoms with Gasteiger partial charge in [0.2, 0.25) is 10.0 Å². The fraction of sp³-hybridized carbons (Fsp3) is 0.611. The Morgan fingerprint density at radius 3 is 2.57 bits per heavy atom. The molecule has 0 unspecified atom stereocenters. The number of hydrogen-bond donors (Lipinski definition) is 1. The largest absolute Gasteiger partial charge is 0.497 e. The van der Waals surface area contributed by atoms with E-state index in [2.05, 4.69) is 32.2 Å². The molecule has 3 rings (SSSR count). The molecule has 10 heteroatoms. The van der Waals surface area contributed by atoms with Gasteiger partial charge in [-0.15, -0.1) is 24.0 Å². The molecule has 28 heavy (non-hydrogen) atoms. The Morgan fingerprint density at radius 1 is 1.21 bits per heavy atom. The quantitative estimate of drug-likeness (QED) is 0.353. The summed E-state index contributed by atoms with van der Waals surface area (Å²) in [6, 6.07) is 8.11. The van der Waals surface area contributed by atoms with Gasteiger partial charge in [0.1, 0.15) is 5.75 Å². The van der Waals surface area contributed by atoms with Crippen LogP contribution in [0, 0.1) is 0 Å². The van der Waals surface area contributed by atoms with Gasteiger partial charge in [-0.1, -0.05) is 6.07 Å². The van der Waals surface area contributed by atoms with Gasteiger partial charge in [0.15, 0.2) is 5.96 Å². The van der Waals surface area contributed by atoms with E-state index in [9.17, 15) is 8.42 Å². The van der Waals surface area contributed by atoms with E-state index in [1.54, 1.807) is 18.5 Å². The summed E-state index contributed by atoms with van der Waals surface area (Å²) in [6.07, 6.45) is 0.725. The second kappa shape index (κ2) is 10.5. The van der Waals surface area contributed by atoms with Crippen molar-refractivity contribution >= 4 is 45.6 Å². The number of nitrogens with zero attached hydrogens (tertiary/aromatic N) is 4. The number of methoxy groups -OCH3 is 1.